The molecule has 0 aliphatic carbocycles. The van der Waals surface area contributed by atoms with E-state index in [1.165, 1.54) is 6.26 Å². The van der Waals surface area contributed by atoms with Crippen molar-refractivity contribution in [2.75, 3.05) is 25.1 Å². The lowest BCUT2D eigenvalue weighted by molar-refractivity contribution is 0.581. The number of nitrogens with one attached hydrogen (secondary N) is 2. The lowest BCUT2D eigenvalue weighted by atomic mass is 10.2. The molecule has 0 spiro atoms. The van der Waals surface area contributed by atoms with Gasteiger partial charge >= 0.3 is 0 Å². The Labute approximate surface area is 166 Å². The van der Waals surface area contributed by atoms with E-state index < -0.39 is 9.84 Å². The summed E-state index contributed by atoms with van der Waals surface area (Å²) in [7, 11) is -2.95. The van der Waals surface area contributed by atoms with Crippen LogP contribution in [0, 0.1) is 0 Å². The third-order valence-corrected chi connectivity index (χ3v) is 5.78. The van der Waals surface area contributed by atoms with Crippen molar-refractivity contribution in [3.63, 3.8) is 0 Å². The topological polar surface area (TPSA) is 83.4 Å². The number of guanidine groups is 1. The highest BCUT2D eigenvalue weighted by molar-refractivity contribution is 7.90. The maximum absolute atomic E-state index is 11.3. The first-order chi connectivity index (χ1) is 12.9. The van der Waals surface area contributed by atoms with Crippen LogP contribution in [0.3, 0.4) is 0 Å². The molecule has 1 heterocycles. The van der Waals surface area contributed by atoms with Crippen molar-refractivity contribution in [1.29, 1.82) is 0 Å². The molecule has 0 amide bonds. The summed E-state index contributed by atoms with van der Waals surface area (Å²) in [6.45, 7) is 5.33. The van der Waals surface area contributed by atoms with Gasteiger partial charge in [0.1, 0.15) is 14.8 Å². The summed E-state index contributed by atoms with van der Waals surface area (Å²) in [5.74, 6) is 0.874. The first-order valence-electron chi connectivity index (χ1n) is 9.09. The zero-order chi connectivity index (χ0) is 19.7. The monoisotopic (exact) mass is 408 g/mol. The summed E-state index contributed by atoms with van der Waals surface area (Å²) in [6, 6.07) is 10.2. The molecule has 2 rings (SSSR count). The van der Waals surface area contributed by atoms with Crippen LogP contribution >= 0.6 is 11.3 Å². The molecule has 1 atom stereocenters. The summed E-state index contributed by atoms with van der Waals surface area (Å²) in [4.78, 5) is 9.27. The predicted octanol–water partition coefficient (Wildman–Crippen LogP) is 2.73. The number of aromatic nitrogens is 1. The summed E-state index contributed by atoms with van der Waals surface area (Å²) >= 11 is 1.64. The van der Waals surface area contributed by atoms with Gasteiger partial charge in [0.05, 0.1) is 11.4 Å². The van der Waals surface area contributed by atoms with Crippen molar-refractivity contribution in [2.45, 2.75) is 32.7 Å². The molecule has 0 aliphatic heterocycles. The number of sulfone groups is 1. The van der Waals surface area contributed by atoms with E-state index in [4.69, 9.17) is 0 Å². The Morgan fingerprint density at radius 3 is 2.70 bits per heavy atom. The highest BCUT2D eigenvalue weighted by Gasteiger charge is 2.09. The van der Waals surface area contributed by atoms with Gasteiger partial charge in [-0.3, -0.25) is 4.99 Å². The van der Waals surface area contributed by atoms with Gasteiger partial charge in [0.25, 0.3) is 0 Å². The van der Waals surface area contributed by atoms with Crippen molar-refractivity contribution >= 4 is 27.1 Å². The fraction of sp³-hybridized carbons (Fsp3) is 0.474. The molecule has 1 unspecified atom stereocenters. The molecule has 2 aromatic rings. The second-order valence-electron chi connectivity index (χ2n) is 6.48. The van der Waals surface area contributed by atoms with Gasteiger partial charge in [-0.1, -0.05) is 30.3 Å². The lowest BCUT2D eigenvalue weighted by Crippen LogP contribution is -2.43. The summed E-state index contributed by atoms with van der Waals surface area (Å²) < 4.78 is 22.6. The van der Waals surface area contributed by atoms with E-state index >= 15 is 0 Å². The average molecular weight is 409 g/mol. The molecule has 0 fully saturated rings. The zero-order valence-electron chi connectivity index (χ0n) is 16.1. The lowest BCUT2D eigenvalue weighted by Gasteiger charge is -2.17. The second-order valence-corrected chi connectivity index (χ2v) is 9.60. The minimum atomic E-state index is -2.95. The second kappa shape index (κ2) is 10.4. The average Bonchev–Trinajstić information content (AvgIpc) is 3.09. The minimum absolute atomic E-state index is 0.0291. The summed E-state index contributed by atoms with van der Waals surface area (Å²) in [5.41, 5.74) is 2.16. The first kappa shape index (κ1) is 21.4. The molecule has 8 heteroatoms. The van der Waals surface area contributed by atoms with E-state index in [1.54, 1.807) is 11.3 Å². The SMILES string of the molecule is CCNC(=NCCc1csc(-c2ccccc2)n1)NC(C)CCS(C)(=O)=O. The fourth-order valence-corrected chi connectivity index (χ4v) is 4.08. The number of nitrogens with zero attached hydrogens (tertiary/aromatic N) is 2. The van der Waals surface area contributed by atoms with E-state index in [9.17, 15) is 8.42 Å². The van der Waals surface area contributed by atoms with Gasteiger partial charge < -0.3 is 10.6 Å². The van der Waals surface area contributed by atoms with E-state index in [-0.39, 0.29) is 11.8 Å². The third kappa shape index (κ3) is 8.09. The molecule has 0 saturated carbocycles. The van der Waals surface area contributed by atoms with Crippen LogP contribution in [0.1, 0.15) is 26.0 Å². The van der Waals surface area contributed by atoms with E-state index in [0.29, 0.717) is 18.9 Å². The molecule has 0 saturated heterocycles. The quantitative estimate of drug-likeness (QED) is 0.492. The number of hydrogen-bond acceptors (Lipinski definition) is 5. The van der Waals surface area contributed by atoms with Crippen molar-refractivity contribution in [3.05, 3.63) is 41.4 Å². The smallest absolute Gasteiger partial charge is 0.191 e. The van der Waals surface area contributed by atoms with Crippen LogP contribution in [-0.4, -0.2) is 50.5 Å². The molecular formula is C19H28N4O2S2. The molecule has 0 radical (unpaired) electrons. The largest absolute Gasteiger partial charge is 0.357 e. The van der Waals surface area contributed by atoms with E-state index in [2.05, 4.69) is 38.1 Å². The van der Waals surface area contributed by atoms with Gasteiger partial charge in [0.2, 0.25) is 0 Å². The number of benzene rings is 1. The van der Waals surface area contributed by atoms with Crippen molar-refractivity contribution in [3.8, 4) is 10.6 Å². The van der Waals surface area contributed by atoms with Gasteiger partial charge in [-0.2, -0.15) is 0 Å². The highest BCUT2D eigenvalue weighted by atomic mass is 32.2. The van der Waals surface area contributed by atoms with Crippen molar-refractivity contribution in [1.82, 2.24) is 15.6 Å². The van der Waals surface area contributed by atoms with Gasteiger partial charge in [0, 0.05) is 42.8 Å². The van der Waals surface area contributed by atoms with Crippen LogP contribution < -0.4 is 10.6 Å². The maximum atomic E-state index is 11.3. The van der Waals surface area contributed by atoms with Gasteiger partial charge in [-0.05, 0) is 20.3 Å². The predicted molar refractivity (Wildman–Crippen MR) is 114 cm³/mol. The molecule has 27 heavy (non-hydrogen) atoms. The van der Waals surface area contributed by atoms with E-state index in [0.717, 1.165) is 29.2 Å². The highest BCUT2D eigenvalue weighted by Crippen LogP contribution is 2.23. The Kier molecular flexibility index (Phi) is 8.24. The van der Waals surface area contributed by atoms with Crippen molar-refractivity contribution in [2.24, 2.45) is 4.99 Å². The van der Waals surface area contributed by atoms with Gasteiger partial charge in [-0.15, -0.1) is 11.3 Å². The summed E-state index contributed by atoms with van der Waals surface area (Å²) in [5, 5.41) is 9.56. The Bertz CT molecular complexity index is 832. The molecule has 0 aliphatic rings. The Morgan fingerprint density at radius 1 is 1.30 bits per heavy atom. The number of rotatable bonds is 9. The van der Waals surface area contributed by atoms with Crippen LogP contribution in [0.15, 0.2) is 40.7 Å². The van der Waals surface area contributed by atoms with Crippen LogP contribution in [0.5, 0.6) is 0 Å². The molecule has 1 aromatic carbocycles. The zero-order valence-corrected chi connectivity index (χ0v) is 17.7. The Morgan fingerprint density at radius 2 is 2.04 bits per heavy atom. The molecule has 1 aromatic heterocycles. The fourth-order valence-electron chi connectivity index (χ4n) is 2.43. The van der Waals surface area contributed by atoms with Crippen LogP contribution in [0.25, 0.3) is 10.6 Å². The van der Waals surface area contributed by atoms with Gasteiger partial charge in [-0.25, -0.2) is 13.4 Å². The standard InChI is InChI=1S/C19H28N4O2S2/c1-4-20-19(22-15(2)11-13-27(3,24)25)21-12-10-17-14-26-18(23-17)16-8-6-5-7-9-16/h5-9,14-15H,4,10-13H2,1-3H3,(H2,20,21,22). The number of thiazole rings is 1. The summed E-state index contributed by atoms with van der Waals surface area (Å²) in [6.07, 6.45) is 2.57. The van der Waals surface area contributed by atoms with Crippen LogP contribution in [0.2, 0.25) is 0 Å². The molecule has 2 N–H and O–H groups in total. The molecule has 148 valence electrons. The first-order valence-corrected chi connectivity index (χ1v) is 12.0. The minimum Gasteiger partial charge on any atom is -0.357 e. The molecule has 6 nitrogen and oxygen atoms in total. The number of hydrogen-bond donors (Lipinski definition) is 2. The molecule has 0 bridgehead atoms. The maximum Gasteiger partial charge on any atom is 0.191 e. The number of aliphatic imine (C=N–C) groups is 1. The molecular weight excluding hydrogens is 380 g/mol. The normalized spacial score (nSPS) is 13.4. The Hall–Kier alpha value is -1.93. The Balaban J connectivity index is 1.88. The van der Waals surface area contributed by atoms with Gasteiger partial charge in [0.15, 0.2) is 5.96 Å². The van der Waals surface area contributed by atoms with Crippen molar-refractivity contribution < 1.29 is 8.42 Å². The third-order valence-electron chi connectivity index (χ3n) is 3.86. The van der Waals surface area contributed by atoms with Crippen LogP contribution in [-0.2, 0) is 16.3 Å². The van der Waals surface area contributed by atoms with E-state index in [1.807, 2.05) is 32.0 Å². The van der Waals surface area contributed by atoms with Crippen LogP contribution in [0.4, 0.5) is 0 Å².